The van der Waals surface area contributed by atoms with E-state index in [0.717, 1.165) is 32.4 Å². The Morgan fingerprint density at radius 2 is 1.91 bits per heavy atom. The van der Waals surface area contributed by atoms with Crippen LogP contribution in [0.25, 0.3) is 0 Å². The third-order valence-electron chi connectivity index (χ3n) is 9.25. The molecule has 1 aliphatic carbocycles. The summed E-state index contributed by atoms with van der Waals surface area (Å²) in [7, 11) is 2.12. The summed E-state index contributed by atoms with van der Waals surface area (Å²) >= 11 is 6.23. The van der Waals surface area contributed by atoms with Gasteiger partial charge in [0.1, 0.15) is 18.4 Å². The van der Waals surface area contributed by atoms with E-state index >= 15 is 0 Å². The Balaban J connectivity index is 1.38. The van der Waals surface area contributed by atoms with E-state index in [1.165, 1.54) is 0 Å². The molecule has 190 valence electrons. The van der Waals surface area contributed by atoms with Gasteiger partial charge < -0.3 is 25.4 Å². The molecular formula is C23H41ClFN4O4+. The second kappa shape index (κ2) is 9.41. The first-order chi connectivity index (χ1) is 15.8. The monoisotopic (exact) mass is 491 g/mol. The van der Waals surface area contributed by atoms with Gasteiger partial charge in [0.15, 0.2) is 12.3 Å². The van der Waals surface area contributed by atoms with Gasteiger partial charge in [-0.15, -0.1) is 11.6 Å². The van der Waals surface area contributed by atoms with Crippen molar-refractivity contribution >= 4 is 11.6 Å². The number of alkyl halides is 2. The Morgan fingerprint density at radius 1 is 1.12 bits per heavy atom. The quantitative estimate of drug-likeness (QED) is 0.336. The number of likely N-dealkylation sites (N-methyl/N-ethyl adjacent to an activating group) is 1. The Labute approximate surface area is 201 Å². The molecule has 13 atom stereocenters. The lowest BCUT2D eigenvalue weighted by Gasteiger charge is -2.50. The van der Waals surface area contributed by atoms with Gasteiger partial charge in [-0.2, -0.15) is 0 Å². The zero-order chi connectivity index (χ0) is 23.5. The molecule has 4 aliphatic heterocycles. The van der Waals surface area contributed by atoms with E-state index in [4.69, 9.17) is 26.8 Å². The van der Waals surface area contributed by atoms with Crippen LogP contribution in [0.15, 0.2) is 0 Å². The molecule has 5 rings (SSSR count). The van der Waals surface area contributed by atoms with Gasteiger partial charge in [0, 0.05) is 19.6 Å². The second-order valence-electron chi connectivity index (χ2n) is 11.1. The summed E-state index contributed by atoms with van der Waals surface area (Å²) in [4.78, 5) is 2.40. The van der Waals surface area contributed by atoms with Crippen molar-refractivity contribution in [3.05, 3.63) is 0 Å². The van der Waals surface area contributed by atoms with Crippen LogP contribution in [0.5, 0.6) is 0 Å². The highest BCUT2D eigenvalue weighted by Crippen LogP contribution is 2.47. The SMILES string of the molecule is CCCN1CNC(N)C2CC[N+](C)([C@@H]3O[C@H]([C@@H]4OCCC5C(F)C(Cl)CCC54)[C@@H](O)[C@H]3O)C21. The number of fused-ring (bicyclic) bond motifs is 2. The predicted molar refractivity (Wildman–Crippen MR) is 122 cm³/mol. The van der Waals surface area contributed by atoms with Gasteiger partial charge in [0.25, 0.3) is 0 Å². The van der Waals surface area contributed by atoms with Crippen molar-refractivity contribution in [2.75, 3.05) is 33.4 Å². The first-order valence-electron chi connectivity index (χ1n) is 12.8. The average molecular weight is 492 g/mol. The molecular weight excluding hydrogens is 451 g/mol. The summed E-state index contributed by atoms with van der Waals surface area (Å²) in [6, 6.07) is 0. The third kappa shape index (κ3) is 3.96. The van der Waals surface area contributed by atoms with Crippen LogP contribution in [0.1, 0.15) is 39.0 Å². The summed E-state index contributed by atoms with van der Waals surface area (Å²) in [5.41, 5.74) is 6.43. The van der Waals surface area contributed by atoms with Crippen molar-refractivity contribution in [2.45, 2.75) is 93.6 Å². The Morgan fingerprint density at radius 3 is 2.67 bits per heavy atom. The van der Waals surface area contributed by atoms with Crippen molar-refractivity contribution in [1.82, 2.24) is 10.2 Å². The molecule has 1 saturated carbocycles. The van der Waals surface area contributed by atoms with E-state index in [2.05, 4.69) is 24.2 Å². The van der Waals surface area contributed by atoms with E-state index in [1.807, 2.05) is 0 Å². The molecule has 0 spiro atoms. The maximum atomic E-state index is 14.9. The molecule has 5 fully saturated rings. The fourth-order valence-electron chi connectivity index (χ4n) is 7.66. The molecule has 0 radical (unpaired) electrons. The summed E-state index contributed by atoms with van der Waals surface area (Å²) in [5, 5.41) is 25.3. The van der Waals surface area contributed by atoms with Crippen molar-refractivity contribution in [3.63, 3.8) is 0 Å². The summed E-state index contributed by atoms with van der Waals surface area (Å²) in [5.74, 6) is -0.00540. The predicted octanol–water partition coefficient (Wildman–Crippen LogP) is 0.544. The largest absolute Gasteiger partial charge is 0.387 e. The number of hydrogen-bond donors (Lipinski definition) is 4. The molecule has 5 aliphatic rings. The number of hydrogen-bond acceptors (Lipinski definition) is 7. The van der Waals surface area contributed by atoms with Crippen molar-refractivity contribution in [3.8, 4) is 0 Å². The molecule has 8 unspecified atom stereocenters. The van der Waals surface area contributed by atoms with Crippen LogP contribution in [-0.4, -0.2) is 108 Å². The highest BCUT2D eigenvalue weighted by atomic mass is 35.5. The van der Waals surface area contributed by atoms with Crippen LogP contribution >= 0.6 is 11.6 Å². The Bertz CT molecular complexity index is 711. The van der Waals surface area contributed by atoms with Crippen LogP contribution in [0.4, 0.5) is 4.39 Å². The van der Waals surface area contributed by atoms with E-state index in [-0.39, 0.29) is 30.1 Å². The van der Waals surface area contributed by atoms with Gasteiger partial charge in [-0.1, -0.05) is 6.92 Å². The topological polar surface area (TPSA) is 100 Å². The minimum absolute atomic E-state index is 0.0603. The number of halogens is 2. The van der Waals surface area contributed by atoms with Crippen LogP contribution in [0, 0.1) is 17.8 Å². The minimum Gasteiger partial charge on any atom is -0.387 e. The summed E-state index contributed by atoms with van der Waals surface area (Å²) in [6.45, 7) is 5.02. The zero-order valence-corrected chi connectivity index (χ0v) is 20.5. The number of aliphatic hydroxyl groups excluding tert-OH is 2. The van der Waals surface area contributed by atoms with Gasteiger partial charge in [0.2, 0.25) is 6.23 Å². The second-order valence-corrected chi connectivity index (χ2v) is 11.7. The number of likely N-dealkylation sites (tertiary alicyclic amines) is 1. The lowest BCUT2D eigenvalue weighted by Crippen LogP contribution is -2.71. The minimum atomic E-state index is -1.07. The van der Waals surface area contributed by atoms with E-state index in [9.17, 15) is 14.6 Å². The Hall–Kier alpha value is -0.100. The lowest BCUT2D eigenvalue weighted by atomic mass is 9.70. The maximum Gasteiger partial charge on any atom is 0.224 e. The number of rotatable bonds is 4. The molecule has 5 N–H and O–H groups in total. The number of nitrogens with zero attached hydrogens (tertiary/aromatic N) is 2. The Kier molecular flexibility index (Phi) is 7.01. The van der Waals surface area contributed by atoms with Crippen LogP contribution in [0.3, 0.4) is 0 Å². The summed E-state index contributed by atoms with van der Waals surface area (Å²) < 4.78 is 28.0. The first kappa shape index (κ1) is 24.6. The van der Waals surface area contributed by atoms with E-state index < -0.39 is 42.2 Å². The highest BCUT2D eigenvalue weighted by Gasteiger charge is 2.64. The van der Waals surface area contributed by atoms with Gasteiger partial charge >= 0.3 is 0 Å². The maximum absolute atomic E-state index is 14.9. The molecule has 0 amide bonds. The van der Waals surface area contributed by atoms with Gasteiger partial charge in [-0.25, -0.2) is 9.29 Å². The van der Waals surface area contributed by atoms with E-state index in [0.29, 0.717) is 30.6 Å². The number of nitrogens with one attached hydrogen (secondary N) is 1. The summed E-state index contributed by atoms with van der Waals surface area (Å²) in [6.07, 6.45) is -0.964. The van der Waals surface area contributed by atoms with Gasteiger partial charge in [0.05, 0.1) is 43.8 Å². The number of aliphatic hydroxyl groups is 2. The zero-order valence-electron chi connectivity index (χ0n) is 19.7. The van der Waals surface area contributed by atoms with Gasteiger partial charge in [-0.3, -0.25) is 9.80 Å². The third-order valence-corrected chi connectivity index (χ3v) is 9.71. The molecule has 0 bridgehead atoms. The van der Waals surface area contributed by atoms with Crippen LogP contribution in [0.2, 0.25) is 0 Å². The van der Waals surface area contributed by atoms with Crippen molar-refractivity contribution < 1.29 is 28.6 Å². The molecule has 10 heteroatoms. The molecule has 0 aromatic rings. The molecule has 33 heavy (non-hydrogen) atoms. The molecule has 0 aromatic carbocycles. The number of ether oxygens (including phenoxy) is 2. The lowest BCUT2D eigenvalue weighted by molar-refractivity contribution is -0.979. The molecule has 8 nitrogen and oxygen atoms in total. The number of nitrogens with two attached hydrogens (primary N) is 1. The smallest absolute Gasteiger partial charge is 0.224 e. The average Bonchev–Trinajstić information content (AvgIpc) is 3.31. The standard InChI is InChI=1S/C23H41ClFN4O4/c1-3-8-28-11-27-21(26)14-6-9-29(2,22(14)28)23-18(31)17(30)20(33-23)19-13-4-5-15(24)16(25)12(13)7-10-32-19/h12-23,27,30-31H,3-11,26H2,1-2H3/q+1/t12?,13?,14?,15?,16?,17-,18+,19+,20-,21?,22?,23+,29?/m0/s1. The first-order valence-corrected chi connectivity index (χ1v) is 13.2. The molecule has 0 aromatic heterocycles. The van der Waals surface area contributed by atoms with Gasteiger partial charge in [-0.05, 0) is 37.5 Å². The van der Waals surface area contributed by atoms with Crippen molar-refractivity contribution in [2.24, 2.45) is 23.5 Å². The fourth-order valence-corrected chi connectivity index (χ4v) is 7.97. The normalized spacial score (nSPS) is 55.4. The van der Waals surface area contributed by atoms with Crippen LogP contribution < -0.4 is 11.1 Å². The highest BCUT2D eigenvalue weighted by molar-refractivity contribution is 6.21. The fraction of sp³-hybridized carbons (Fsp3) is 1.00. The molecule has 4 saturated heterocycles. The van der Waals surface area contributed by atoms with E-state index in [1.54, 1.807) is 0 Å². The van der Waals surface area contributed by atoms with Crippen molar-refractivity contribution in [1.29, 1.82) is 0 Å². The van der Waals surface area contributed by atoms with Crippen LogP contribution in [-0.2, 0) is 9.47 Å². The molecule has 4 heterocycles. The number of quaternary nitrogens is 1.